The predicted molar refractivity (Wildman–Crippen MR) is 219 cm³/mol. The topological polar surface area (TPSA) is 51.8 Å². The molecule has 11 aromatic rings. The second-order valence-corrected chi connectivity index (χ2v) is 13.6. The number of hydrogen-bond acceptors (Lipinski definition) is 4. The van der Waals surface area contributed by atoms with Gasteiger partial charge in [0.05, 0.1) is 33.6 Å². The summed E-state index contributed by atoms with van der Waals surface area (Å²) in [4.78, 5) is 15.7. The largest absolute Gasteiger partial charge is 0.456 e. The zero-order chi connectivity index (χ0) is 34.9. The van der Waals surface area contributed by atoms with Gasteiger partial charge in [-0.1, -0.05) is 133 Å². The van der Waals surface area contributed by atoms with Crippen molar-refractivity contribution in [2.45, 2.75) is 0 Å². The van der Waals surface area contributed by atoms with Gasteiger partial charge in [-0.15, -0.1) is 0 Å². The fraction of sp³-hybridized carbons (Fsp3) is 0. The Balaban J connectivity index is 1.08. The van der Waals surface area contributed by atoms with Crippen molar-refractivity contribution < 1.29 is 4.42 Å². The molecular formula is C49H29N3O. The summed E-state index contributed by atoms with van der Waals surface area (Å²) >= 11 is 0. The van der Waals surface area contributed by atoms with Crippen LogP contribution in [0.4, 0.5) is 0 Å². The van der Waals surface area contributed by atoms with Crippen molar-refractivity contribution >= 4 is 65.4 Å². The minimum atomic E-state index is 0.879. The van der Waals surface area contributed by atoms with Crippen LogP contribution in [-0.4, -0.2) is 15.0 Å². The third-order valence-corrected chi connectivity index (χ3v) is 10.4. The minimum Gasteiger partial charge on any atom is -0.456 e. The van der Waals surface area contributed by atoms with Gasteiger partial charge in [-0.25, -0.2) is 15.0 Å². The van der Waals surface area contributed by atoms with Gasteiger partial charge in [0.2, 0.25) is 0 Å². The first-order valence-electron chi connectivity index (χ1n) is 17.9. The molecule has 4 heteroatoms. The molecule has 0 N–H and O–H groups in total. The Bertz CT molecular complexity index is 3220. The molecule has 0 aliphatic carbocycles. The second-order valence-electron chi connectivity index (χ2n) is 13.6. The number of fused-ring (bicyclic) bond motifs is 10. The van der Waals surface area contributed by atoms with Gasteiger partial charge in [-0.2, -0.15) is 0 Å². The first-order chi connectivity index (χ1) is 26.2. The zero-order valence-corrected chi connectivity index (χ0v) is 28.5. The highest BCUT2D eigenvalue weighted by molar-refractivity contribution is 6.28. The molecule has 4 heterocycles. The van der Waals surface area contributed by atoms with Gasteiger partial charge in [-0.3, -0.25) is 0 Å². The lowest BCUT2D eigenvalue weighted by atomic mass is 9.94. The molecule has 0 amide bonds. The molecule has 7 aromatic carbocycles. The number of para-hydroxylation sites is 1. The predicted octanol–water partition coefficient (Wildman–Crippen LogP) is 13.1. The van der Waals surface area contributed by atoms with E-state index in [1.165, 1.54) is 0 Å². The van der Waals surface area contributed by atoms with Gasteiger partial charge in [0.1, 0.15) is 11.2 Å². The molecule has 0 unspecified atom stereocenters. The molecular weight excluding hydrogens is 647 g/mol. The molecule has 4 nitrogen and oxygen atoms in total. The van der Waals surface area contributed by atoms with Crippen LogP contribution >= 0.6 is 0 Å². The molecule has 0 spiro atoms. The van der Waals surface area contributed by atoms with E-state index in [1.54, 1.807) is 0 Å². The molecule has 0 saturated carbocycles. The fourth-order valence-corrected chi connectivity index (χ4v) is 7.86. The van der Waals surface area contributed by atoms with E-state index < -0.39 is 0 Å². The molecule has 0 saturated heterocycles. The van der Waals surface area contributed by atoms with Crippen LogP contribution in [0.3, 0.4) is 0 Å². The average Bonchev–Trinajstić information content (AvgIpc) is 3.62. The summed E-state index contributed by atoms with van der Waals surface area (Å²) in [6.07, 6.45) is 0. The van der Waals surface area contributed by atoms with Gasteiger partial charge in [0, 0.05) is 54.4 Å². The highest BCUT2D eigenvalue weighted by Gasteiger charge is 2.18. The SMILES string of the molecule is c1ccc(-c2ccc3ccc4ccc(-c5cccc(-c6ccc7c(c6)nc(-c6ccccc6)c6ccc8oc9ccccc9c8c67)c5)nc4c3n2)cc1. The van der Waals surface area contributed by atoms with Crippen LogP contribution < -0.4 is 0 Å². The molecule has 0 radical (unpaired) electrons. The summed E-state index contributed by atoms with van der Waals surface area (Å²) in [6.45, 7) is 0. The highest BCUT2D eigenvalue weighted by atomic mass is 16.3. The van der Waals surface area contributed by atoms with Crippen LogP contribution in [0, 0.1) is 0 Å². The molecule has 246 valence electrons. The van der Waals surface area contributed by atoms with Crippen molar-refractivity contribution in [1.29, 1.82) is 0 Å². The van der Waals surface area contributed by atoms with Crippen LogP contribution in [0.1, 0.15) is 0 Å². The van der Waals surface area contributed by atoms with E-state index in [0.717, 1.165) is 110 Å². The minimum absolute atomic E-state index is 0.879. The summed E-state index contributed by atoms with van der Waals surface area (Å²) < 4.78 is 6.35. The molecule has 0 atom stereocenters. The van der Waals surface area contributed by atoms with Crippen LogP contribution in [0.2, 0.25) is 0 Å². The molecule has 4 aromatic heterocycles. The molecule has 11 rings (SSSR count). The number of furan rings is 1. The van der Waals surface area contributed by atoms with Crippen LogP contribution in [0.25, 0.3) is 110 Å². The van der Waals surface area contributed by atoms with Crippen molar-refractivity contribution in [3.8, 4) is 44.9 Å². The molecule has 0 fully saturated rings. The monoisotopic (exact) mass is 675 g/mol. The van der Waals surface area contributed by atoms with Crippen molar-refractivity contribution in [1.82, 2.24) is 15.0 Å². The normalized spacial score (nSPS) is 11.8. The van der Waals surface area contributed by atoms with E-state index in [2.05, 4.69) is 140 Å². The van der Waals surface area contributed by atoms with Gasteiger partial charge < -0.3 is 4.42 Å². The number of benzene rings is 7. The smallest absolute Gasteiger partial charge is 0.136 e. The number of hydrogen-bond donors (Lipinski definition) is 0. The van der Waals surface area contributed by atoms with E-state index in [9.17, 15) is 0 Å². The summed E-state index contributed by atoms with van der Waals surface area (Å²) in [5.41, 5.74) is 12.7. The van der Waals surface area contributed by atoms with E-state index in [0.29, 0.717) is 0 Å². The molecule has 0 aliphatic rings. The lowest BCUT2D eigenvalue weighted by Gasteiger charge is -2.13. The standard InChI is InChI=1S/C49H29N3O/c1-3-10-30(11-4-1)40-25-21-32-18-19-33-22-26-41(51-49(33)48(32)50-40)36-15-9-14-34(28-36)35-20-23-37-42(29-35)52-47(31-12-5-2-6-13-31)39-24-27-44-46(45(37)39)38-16-7-8-17-43(38)53-44/h1-29H. The Morgan fingerprint density at radius 2 is 0.943 bits per heavy atom. The number of nitrogens with zero attached hydrogens (tertiary/aromatic N) is 3. The summed E-state index contributed by atoms with van der Waals surface area (Å²) in [5, 5.41) is 7.74. The molecule has 0 bridgehead atoms. The van der Waals surface area contributed by atoms with Crippen LogP contribution in [0.5, 0.6) is 0 Å². The summed E-state index contributed by atoms with van der Waals surface area (Å²) in [7, 11) is 0. The van der Waals surface area contributed by atoms with Crippen molar-refractivity contribution in [2.24, 2.45) is 0 Å². The van der Waals surface area contributed by atoms with Gasteiger partial charge in [0.25, 0.3) is 0 Å². The first kappa shape index (κ1) is 29.5. The Morgan fingerprint density at radius 3 is 1.72 bits per heavy atom. The zero-order valence-electron chi connectivity index (χ0n) is 28.5. The summed E-state index contributed by atoms with van der Waals surface area (Å²) in [6, 6.07) is 61.3. The third-order valence-electron chi connectivity index (χ3n) is 10.4. The van der Waals surface area contributed by atoms with Gasteiger partial charge >= 0.3 is 0 Å². The maximum Gasteiger partial charge on any atom is 0.136 e. The maximum atomic E-state index is 6.35. The Hall–Kier alpha value is -7.17. The number of rotatable bonds is 4. The van der Waals surface area contributed by atoms with E-state index in [1.807, 2.05) is 36.4 Å². The second kappa shape index (κ2) is 11.7. The van der Waals surface area contributed by atoms with Crippen LogP contribution in [0.15, 0.2) is 180 Å². The van der Waals surface area contributed by atoms with Crippen molar-refractivity contribution in [3.63, 3.8) is 0 Å². The first-order valence-corrected chi connectivity index (χ1v) is 17.9. The summed E-state index contributed by atoms with van der Waals surface area (Å²) in [5.74, 6) is 0. The van der Waals surface area contributed by atoms with Crippen molar-refractivity contribution in [2.75, 3.05) is 0 Å². The average molecular weight is 676 g/mol. The lowest BCUT2D eigenvalue weighted by molar-refractivity contribution is 0.669. The number of aromatic nitrogens is 3. The number of pyridine rings is 3. The molecule has 53 heavy (non-hydrogen) atoms. The van der Waals surface area contributed by atoms with Gasteiger partial charge in [-0.05, 0) is 53.6 Å². The fourth-order valence-electron chi connectivity index (χ4n) is 7.86. The third kappa shape index (κ3) is 4.80. The van der Waals surface area contributed by atoms with E-state index >= 15 is 0 Å². The Kier molecular flexibility index (Phi) is 6.52. The maximum absolute atomic E-state index is 6.35. The van der Waals surface area contributed by atoms with E-state index in [4.69, 9.17) is 19.4 Å². The van der Waals surface area contributed by atoms with Gasteiger partial charge in [0.15, 0.2) is 0 Å². The van der Waals surface area contributed by atoms with Crippen LogP contribution in [-0.2, 0) is 0 Å². The Morgan fingerprint density at radius 1 is 0.340 bits per heavy atom. The Labute approximate surface area is 304 Å². The highest BCUT2D eigenvalue weighted by Crippen LogP contribution is 2.42. The lowest BCUT2D eigenvalue weighted by Crippen LogP contribution is -1.92. The van der Waals surface area contributed by atoms with Crippen molar-refractivity contribution in [3.05, 3.63) is 176 Å². The quantitative estimate of drug-likeness (QED) is 0.174. The van der Waals surface area contributed by atoms with E-state index in [-0.39, 0.29) is 0 Å². The molecule has 0 aliphatic heterocycles.